The number of quaternary nitrogens is 1. The first-order valence-electron chi connectivity index (χ1n) is 14.1. The maximum absolute atomic E-state index is 13.8. The number of likely N-dealkylation sites (tertiary alicyclic amines) is 1. The molecule has 1 saturated heterocycles. The molecule has 0 saturated carbocycles. The van der Waals surface area contributed by atoms with E-state index in [1.54, 1.807) is 12.1 Å². The van der Waals surface area contributed by atoms with E-state index >= 15 is 0 Å². The van der Waals surface area contributed by atoms with E-state index in [0.717, 1.165) is 54.8 Å². The normalized spacial score (nSPS) is 20.1. The zero-order chi connectivity index (χ0) is 27.6. The number of piperidine rings is 1. The minimum absolute atomic E-state index is 0.0213. The van der Waals surface area contributed by atoms with Gasteiger partial charge in [-0.25, -0.2) is 8.78 Å². The Hall–Kier alpha value is -4.02. The summed E-state index contributed by atoms with van der Waals surface area (Å²) in [5.74, 6) is -0.118. The molecule has 0 amide bonds. The summed E-state index contributed by atoms with van der Waals surface area (Å²) >= 11 is 0. The van der Waals surface area contributed by atoms with Gasteiger partial charge in [0.25, 0.3) is 0 Å². The number of hydrogen-bond acceptors (Lipinski definition) is 1. The van der Waals surface area contributed by atoms with E-state index in [2.05, 4.69) is 78.2 Å². The zero-order valence-electron chi connectivity index (χ0n) is 22.8. The van der Waals surface area contributed by atoms with Crippen molar-refractivity contribution in [3.63, 3.8) is 0 Å². The van der Waals surface area contributed by atoms with Crippen molar-refractivity contribution in [2.75, 3.05) is 31.5 Å². The number of anilines is 1. The maximum atomic E-state index is 13.8. The molecule has 2 nitrogen and oxygen atoms in total. The predicted molar refractivity (Wildman–Crippen MR) is 163 cm³/mol. The monoisotopic (exact) mass is 535 g/mol. The van der Waals surface area contributed by atoms with Crippen molar-refractivity contribution in [3.8, 4) is 0 Å². The average Bonchev–Trinajstić information content (AvgIpc) is 2.99. The van der Waals surface area contributed by atoms with E-state index in [9.17, 15) is 8.78 Å². The molecule has 1 fully saturated rings. The molecule has 1 aliphatic heterocycles. The molecular formula is C36H37F2N2+. The highest BCUT2D eigenvalue weighted by atomic mass is 19.1. The molecule has 4 aromatic carbocycles. The lowest BCUT2D eigenvalue weighted by molar-refractivity contribution is -0.923. The highest BCUT2D eigenvalue weighted by molar-refractivity contribution is 5.50. The van der Waals surface area contributed by atoms with Crippen LogP contribution in [0.15, 0.2) is 121 Å². The van der Waals surface area contributed by atoms with E-state index in [1.807, 2.05) is 24.3 Å². The van der Waals surface area contributed by atoms with Gasteiger partial charge < -0.3 is 9.80 Å². The number of rotatable bonds is 10. The van der Waals surface area contributed by atoms with Gasteiger partial charge >= 0.3 is 0 Å². The van der Waals surface area contributed by atoms with Gasteiger partial charge in [-0.1, -0.05) is 84.9 Å². The Labute approximate surface area is 236 Å². The third kappa shape index (κ3) is 7.55. The maximum Gasteiger partial charge on any atom is 0.123 e. The van der Waals surface area contributed by atoms with E-state index < -0.39 is 0 Å². The van der Waals surface area contributed by atoms with Crippen molar-refractivity contribution < 1.29 is 13.3 Å². The van der Waals surface area contributed by atoms with Crippen molar-refractivity contribution in [2.45, 2.75) is 18.9 Å². The molecule has 0 bridgehead atoms. The number of hydrogen-bond donors (Lipinski definition) is 1. The summed E-state index contributed by atoms with van der Waals surface area (Å²) in [6, 6.07) is 34.2. The molecule has 204 valence electrons. The molecule has 0 aromatic heterocycles. The van der Waals surface area contributed by atoms with Gasteiger partial charge in [-0.05, 0) is 71.2 Å². The van der Waals surface area contributed by atoms with Crippen LogP contribution in [0.5, 0.6) is 0 Å². The average molecular weight is 536 g/mol. The molecule has 1 N–H and O–H groups in total. The Kier molecular flexibility index (Phi) is 9.20. The van der Waals surface area contributed by atoms with Crippen molar-refractivity contribution in [2.24, 2.45) is 5.92 Å². The predicted octanol–water partition coefficient (Wildman–Crippen LogP) is 8.77. The second-order valence-corrected chi connectivity index (χ2v) is 10.8. The highest BCUT2D eigenvalue weighted by Gasteiger charge is 2.36. The van der Waals surface area contributed by atoms with Crippen molar-refractivity contribution in [3.05, 3.63) is 150 Å². The number of nitrogens with zero attached hydrogens (tertiary/aromatic N) is 1. The van der Waals surface area contributed by atoms with Crippen LogP contribution in [0.4, 0.5) is 14.5 Å². The van der Waals surface area contributed by atoms with Gasteiger partial charge in [0, 0.05) is 18.5 Å². The van der Waals surface area contributed by atoms with E-state index in [0.29, 0.717) is 5.92 Å². The van der Waals surface area contributed by atoms with Crippen LogP contribution in [0.1, 0.15) is 35.6 Å². The first kappa shape index (κ1) is 27.5. The van der Waals surface area contributed by atoms with Gasteiger partial charge in [-0.15, -0.1) is 0 Å². The molecule has 5 rings (SSSR count). The first-order valence-corrected chi connectivity index (χ1v) is 14.1. The van der Waals surface area contributed by atoms with Gasteiger partial charge in [0.1, 0.15) is 11.6 Å². The first-order chi connectivity index (χ1) is 19.6. The van der Waals surface area contributed by atoms with E-state index in [1.165, 1.54) is 35.4 Å². The van der Waals surface area contributed by atoms with Gasteiger partial charge in [0.15, 0.2) is 0 Å². The largest absolute Gasteiger partial charge is 0.378 e. The number of halogens is 2. The van der Waals surface area contributed by atoms with Crippen LogP contribution in [0, 0.1) is 17.6 Å². The van der Waals surface area contributed by atoms with Gasteiger partial charge in [-0.2, -0.15) is 0 Å². The standard InChI is InChI=1S/C36H37F2N2/c37-33-17-15-31(16-18-33)36(39-35-21-19-34(38)20-22-35)32-23-27-40(28-24-32,25-7-13-29-9-3-1-4-10-29)26-8-14-30-11-5-2-6-12-30/h1-22,32,36,39H,23-28H2/q+1. The molecule has 40 heavy (non-hydrogen) atoms. The Morgan fingerprint density at radius 2 is 1.12 bits per heavy atom. The van der Waals surface area contributed by atoms with Gasteiger partial charge in [-0.3, -0.25) is 0 Å². The topological polar surface area (TPSA) is 12.0 Å². The van der Waals surface area contributed by atoms with Crippen LogP contribution >= 0.6 is 0 Å². The van der Waals surface area contributed by atoms with Crippen LogP contribution in [-0.2, 0) is 0 Å². The molecule has 0 spiro atoms. The molecule has 1 atom stereocenters. The summed E-state index contributed by atoms with van der Waals surface area (Å²) in [7, 11) is 0. The van der Waals surface area contributed by atoms with E-state index in [4.69, 9.17) is 0 Å². The third-order valence-electron chi connectivity index (χ3n) is 8.02. The van der Waals surface area contributed by atoms with E-state index in [-0.39, 0.29) is 17.7 Å². The van der Waals surface area contributed by atoms with Gasteiger partial charge in [0.2, 0.25) is 0 Å². The second-order valence-electron chi connectivity index (χ2n) is 10.8. The SMILES string of the molecule is Fc1ccc(NC(c2ccc(F)cc2)C2CC[N+](CC=Cc3ccccc3)(CC=Cc3ccccc3)CC2)cc1. The smallest absolute Gasteiger partial charge is 0.123 e. The second kappa shape index (κ2) is 13.4. The zero-order valence-corrected chi connectivity index (χ0v) is 22.8. The summed E-state index contributed by atoms with van der Waals surface area (Å²) in [4.78, 5) is 0. The lowest BCUT2D eigenvalue weighted by Gasteiger charge is -2.44. The quantitative estimate of drug-likeness (QED) is 0.200. The summed E-state index contributed by atoms with van der Waals surface area (Å²) in [6.07, 6.45) is 11.2. The highest BCUT2D eigenvalue weighted by Crippen LogP contribution is 2.36. The molecule has 1 aliphatic rings. The Bertz CT molecular complexity index is 1320. The molecule has 0 radical (unpaired) electrons. The summed E-state index contributed by atoms with van der Waals surface area (Å²) in [5, 5.41) is 3.64. The Balaban J connectivity index is 1.34. The molecule has 1 heterocycles. The van der Waals surface area contributed by atoms with Gasteiger partial charge in [0.05, 0.1) is 32.2 Å². The Morgan fingerprint density at radius 3 is 1.62 bits per heavy atom. The van der Waals surface area contributed by atoms with Crippen LogP contribution in [0.3, 0.4) is 0 Å². The van der Waals surface area contributed by atoms with Crippen molar-refractivity contribution in [1.82, 2.24) is 0 Å². The van der Waals surface area contributed by atoms with Crippen LogP contribution < -0.4 is 5.32 Å². The summed E-state index contributed by atoms with van der Waals surface area (Å²) < 4.78 is 28.3. The Morgan fingerprint density at radius 1 is 0.650 bits per heavy atom. The van der Waals surface area contributed by atoms with Crippen LogP contribution in [0.2, 0.25) is 0 Å². The number of nitrogens with one attached hydrogen (secondary N) is 1. The molecule has 4 heteroatoms. The lowest BCUT2D eigenvalue weighted by atomic mass is 9.84. The fraction of sp³-hybridized carbons (Fsp3) is 0.222. The van der Waals surface area contributed by atoms with Crippen molar-refractivity contribution in [1.29, 1.82) is 0 Å². The fourth-order valence-corrected chi connectivity index (χ4v) is 5.73. The lowest BCUT2D eigenvalue weighted by Crippen LogP contribution is -2.54. The van der Waals surface area contributed by atoms with Crippen LogP contribution in [0.25, 0.3) is 12.2 Å². The minimum Gasteiger partial charge on any atom is -0.378 e. The minimum atomic E-state index is -0.254. The molecule has 1 unspecified atom stereocenters. The summed E-state index contributed by atoms with van der Waals surface area (Å²) in [5.41, 5.74) is 4.37. The molecule has 4 aromatic rings. The van der Waals surface area contributed by atoms with Crippen LogP contribution in [-0.4, -0.2) is 30.7 Å². The molecular weight excluding hydrogens is 498 g/mol. The molecule has 0 aliphatic carbocycles. The van der Waals surface area contributed by atoms with Crippen molar-refractivity contribution >= 4 is 17.8 Å². The third-order valence-corrected chi connectivity index (χ3v) is 8.02. The summed E-state index contributed by atoms with van der Waals surface area (Å²) in [6.45, 7) is 4.03. The fourth-order valence-electron chi connectivity index (χ4n) is 5.73. The number of benzene rings is 4.